The van der Waals surface area contributed by atoms with Crippen molar-refractivity contribution in [2.45, 2.75) is 0 Å². The first kappa shape index (κ1) is 7.29. The lowest BCUT2D eigenvalue weighted by Crippen LogP contribution is -1.92. The highest BCUT2D eigenvalue weighted by atomic mass is 14.7. The molecular formula is C8H7N3. The molecule has 0 unspecified atom stereocenters. The summed E-state index contributed by atoms with van der Waals surface area (Å²) in [5.41, 5.74) is 6.14. The van der Waals surface area contributed by atoms with Crippen molar-refractivity contribution in [2.24, 2.45) is 5.73 Å². The Morgan fingerprint density at radius 3 is 3.00 bits per heavy atom. The Balaban J connectivity index is 2.90. The van der Waals surface area contributed by atoms with Crippen molar-refractivity contribution >= 4 is 6.08 Å². The highest BCUT2D eigenvalue weighted by Crippen LogP contribution is 1.97. The van der Waals surface area contributed by atoms with Gasteiger partial charge in [-0.25, -0.2) is 0 Å². The molecule has 54 valence electrons. The summed E-state index contributed by atoms with van der Waals surface area (Å²) >= 11 is 0. The summed E-state index contributed by atoms with van der Waals surface area (Å²) in [6, 6.07) is 7.24. The Labute approximate surface area is 64.8 Å². The van der Waals surface area contributed by atoms with Gasteiger partial charge in [0.15, 0.2) is 0 Å². The first-order valence-electron chi connectivity index (χ1n) is 3.11. The number of allylic oxidation sites excluding steroid dienone is 1. The molecule has 2 N–H and O–H groups in total. The number of aromatic nitrogens is 1. The molecule has 1 aromatic heterocycles. The van der Waals surface area contributed by atoms with Crippen molar-refractivity contribution in [1.29, 1.82) is 5.26 Å². The second-order valence-electron chi connectivity index (χ2n) is 1.97. The molecule has 0 saturated carbocycles. The number of nitrogens with zero attached hydrogens (tertiary/aromatic N) is 2. The molecule has 0 atom stereocenters. The van der Waals surface area contributed by atoms with Crippen LogP contribution >= 0.6 is 0 Å². The van der Waals surface area contributed by atoms with E-state index in [0.717, 1.165) is 0 Å². The minimum absolute atomic E-state index is 0.170. The highest BCUT2D eigenvalue weighted by molar-refractivity contribution is 5.51. The van der Waals surface area contributed by atoms with E-state index in [0.29, 0.717) is 5.69 Å². The van der Waals surface area contributed by atoms with Gasteiger partial charge in [0.25, 0.3) is 0 Å². The zero-order chi connectivity index (χ0) is 8.10. The largest absolute Gasteiger partial charge is 0.390 e. The molecule has 1 rings (SSSR count). The summed E-state index contributed by atoms with van der Waals surface area (Å²) < 4.78 is 0. The minimum atomic E-state index is 0.170. The zero-order valence-electron chi connectivity index (χ0n) is 5.86. The summed E-state index contributed by atoms with van der Waals surface area (Å²) in [6.07, 6.45) is 3.18. The van der Waals surface area contributed by atoms with Gasteiger partial charge in [-0.2, -0.15) is 5.26 Å². The number of hydrogen-bond donors (Lipinski definition) is 1. The molecule has 1 heterocycles. The smallest absolute Gasteiger partial charge is 0.117 e. The molecule has 3 heteroatoms. The van der Waals surface area contributed by atoms with Crippen molar-refractivity contribution in [2.75, 3.05) is 0 Å². The van der Waals surface area contributed by atoms with Crippen molar-refractivity contribution < 1.29 is 0 Å². The Bertz CT molecular complexity index is 295. The summed E-state index contributed by atoms with van der Waals surface area (Å²) in [4.78, 5) is 3.96. The van der Waals surface area contributed by atoms with E-state index < -0.39 is 0 Å². The van der Waals surface area contributed by atoms with Crippen molar-refractivity contribution in [3.63, 3.8) is 0 Å². The van der Waals surface area contributed by atoms with Crippen LogP contribution in [0.15, 0.2) is 30.1 Å². The topological polar surface area (TPSA) is 62.7 Å². The van der Waals surface area contributed by atoms with E-state index in [1.165, 1.54) is 6.08 Å². The van der Waals surface area contributed by atoms with Crippen LogP contribution in [0.1, 0.15) is 5.69 Å². The molecule has 0 aliphatic rings. The normalized spacial score (nSPS) is 10.6. The maximum Gasteiger partial charge on any atom is 0.117 e. The predicted octanol–water partition coefficient (Wildman–Crippen LogP) is 0.905. The van der Waals surface area contributed by atoms with Crippen LogP contribution in [0.2, 0.25) is 0 Å². The Morgan fingerprint density at radius 1 is 1.64 bits per heavy atom. The van der Waals surface area contributed by atoms with Gasteiger partial charge in [-0.1, -0.05) is 6.07 Å². The maximum atomic E-state index is 8.33. The fourth-order valence-electron chi connectivity index (χ4n) is 0.653. The Hall–Kier alpha value is -1.82. The third kappa shape index (κ3) is 2.11. The van der Waals surface area contributed by atoms with E-state index in [-0.39, 0.29) is 5.70 Å². The third-order valence-electron chi connectivity index (χ3n) is 1.12. The molecule has 0 aliphatic carbocycles. The van der Waals surface area contributed by atoms with E-state index in [1.807, 2.05) is 12.1 Å². The van der Waals surface area contributed by atoms with E-state index in [9.17, 15) is 0 Å². The number of nitrogens with two attached hydrogens (primary N) is 1. The summed E-state index contributed by atoms with van der Waals surface area (Å²) in [5, 5.41) is 8.33. The van der Waals surface area contributed by atoms with Gasteiger partial charge in [0.05, 0.1) is 5.69 Å². The summed E-state index contributed by atoms with van der Waals surface area (Å²) in [6.45, 7) is 0. The first-order chi connectivity index (χ1) is 5.33. The molecule has 0 bridgehead atoms. The molecule has 11 heavy (non-hydrogen) atoms. The van der Waals surface area contributed by atoms with Crippen LogP contribution in [0.3, 0.4) is 0 Å². The van der Waals surface area contributed by atoms with Crippen LogP contribution < -0.4 is 5.73 Å². The Morgan fingerprint density at radius 2 is 2.45 bits per heavy atom. The monoisotopic (exact) mass is 145 g/mol. The summed E-state index contributed by atoms with van der Waals surface area (Å²) in [7, 11) is 0. The lowest BCUT2D eigenvalue weighted by molar-refractivity contribution is 1.28. The van der Waals surface area contributed by atoms with Gasteiger partial charge in [-0.3, -0.25) is 4.98 Å². The van der Waals surface area contributed by atoms with Gasteiger partial charge in [-0.05, 0) is 18.2 Å². The molecule has 0 radical (unpaired) electrons. The first-order valence-corrected chi connectivity index (χ1v) is 3.11. The predicted molar refractivity (Wildman–Crippen MR) is 42.0 cm³/mol. The molecule has 0 fully saturated rings. The van der Waals surface area contributed by atoms with Crippen LogP contribution in [0.5, 0.6) is 0 Å². The molecule has 0 amide bonds. The SMILES string of the molecule is N#CC(N)=Cc1ccccn1. The van der Waals surface area contributed by atoms with Crippen molar-refractivity contribution in [3.8, 4) is 6.07 Å². The molecule has 1 aromatic rings. The van der Waals surface area contributed by atoms with Crippen LogP contribution in [0.4, 0.5) is 0 Å². The standard InChI is InChI=1S/C8H7N3/c9-6-7(10)5-8-3-1-2-4-11-8/h1-5H,10H2. The average Bonchev–Trinajstić information content (AvgIpc) is 2.06. The molecular weight excluding hydrogens is 138 g/mol. The van der Waals surface area contributed by atoms with Crippen LogP contribution in [-0.2, 0) is 0 Å². The second kappa shape index (κ2) is 3.37. The lowest BCUT2D eigenvalue weighted by atomic mass is 10.3. The van der Waals surface area contributed by atoms with E-state index in [4.69, 9.17) is 11.0 Å². The Kier molecular flexibility index (Phi) is 2.24. The van der Waals surface area contributed by atoms with Gasteiger partial charge in [0.1, 0.15) is 11.8 Å². The molecule has 0 spiro atoms. The highest BCUT2D eigenvalue weighted by Gasteiger charge is 1.87. The fourth-order valence-corrected chi connectivity index (χ4v) is 0.653. The van der Waals surface area contributed by atoms with Gasteiger partial charge >= 0.3 is 0 Å². The van der Waals surface area contributed by atoms with Gasteiger partial charge < -0.3 is 5.73 Å². The van der Waals surface area contributed by atoms with E-state index >= 15 is 0 Å². The molecule has 0 saturated heterocycles. The van der Waals surface area contributed by atoms with Crippen LogP contribution in [0, 0.1) is 11.3 Å². The van der Waals surface area contributed by atoms with Crippen molar-refractivity contribution in [3.05, 3.63) is 35.8 Å². The van der Waals surface area contributed by atoms with Crippen LogP contribution in [-0.4, -0.2) is 4.98 Å². The number of nitriles is 1. The zero-order valence-corrected chi connectivity index (χ0v) is 5.86. The number of hydrogen-bond acceptors (Lipinski definition) is 3. The molecule has 0 aliphatic heterocycles. The number of pyridine rings is 1. The molecule has 3 nitrogen and oxygen atoms in total. The second-order valence-corrected chi connectivity index (χ2v) is 1.97. The molecule has 0 aromatic carbocycles. The quantitative estimate of drug-likeness (QED) is 0.597. The van der Waals surface area contributed by atoms with E-state index in [2.05, 4.69) is 4.98 Å². The van der Waals surface area contributed by atoms with Crippen molar-refractivity contribution in [1.82, 2.24) is 4.98 Å². The fraction of sp³-hybridized carbons (Fsp3) is 0. The average molecular weight is 145 g/mol. The maximum absolute atomic E-state index is 8.33. The lowest BCUT2D eigenvalue weighted by Gasteiger charge is -1.89. The third-order valence-corrected chi connectivity index (χ3v) is 1.12. The van der Waals surface area contributed by atoms with E-state index in [1.54, 1.807) is 18.3 Å². The van der Waals surface area contributed by atoms with Gasteiger partial charge in [-0.15, -0.1) is 0 Å². The van der Waals surface area contributed by atoms with Gasteiger partial charge in [0, 0.05) is 6.20 Å². The van der Waals surface area contributed by atoms with Gasteiger partial charge in [0.2, 0.25) is 0 Å². The summed E-state index contributed by atoms with van der Waals surface area (Å²) in [5.74, 6) is 0. The van der Waals surface area contributed by atoms with Crippen LogP contribution in [0.25, 0.3) is 6.08 Å². The number of rotatable bonds is 1. The minimum Gasteiger partial charge on any atom is -0.390 e.